The van der Waals surface area contributed by atoms with Gasteiger partial charge in [-0.05, 0) is 15.9 Å². The lowest BCUT2D eigenvalue weighted by Gasteiger charge is -2.05. The highest BCUT2D eigenvalue weighted by Gasteiger charge is 2.08. The van der Waals surface area contributed by atoms with Crippen LogP contribution in [0.1, 0.15) is 0 Å². The lowest BCUT2D eigenvalue weighted by atomic mass is 10.5. The Labute approximate surface area is 72.7 Å². The third kappa shape index (κ3) is 1.59. The van der Waals surface area contributed by atoms with E-state index in [0.717, 1.165) is 4.47 Å². The lowest BCUT2D eigenvalue weighted by molar-refractivity contribution is 0.336. The molecule has 0 radical (unpaired) electrons. The Morgan fingerprint density at radius 2 is 2.09 bits per heavy atom. The molecule has 0 bridgehead atoms. The van der Waals surface area contributed by atoms with E-state index in [1.54, 1.807) is 13.3 Å². The van der Waals surface area contributed by atoms with Gasteiger partial charge in [-0.2, -0.15) is 5.10 Å². The summed E-state index contributed by atoms with van der Waals surface area (Å²) in [5.41, 5.74) is 0. The highest BCUT2D eigenvalue weighted by Crippen LogP contribution is 2.30. The van der Waals surface area contributed by atoms with Crippen LogP contribution in [-0.4, -0.2) is 24.4 Å². The van der Waals surface area contributed by atoms with E-state index in [4.69, 9.17) is 9.47 Å². The van der Waals surface area contributed by atoms with Crippen LogP contribution in [0.5, 0.6) is 11.6 Å². The van der Waals surface area contributed by atoms with E-state index in [0.29, 0.717) is 11.6 Å². The lowest BCUT2D eigenvalue weighted by Crippen LogP contribution is -1.95. The van der Waals surface area contributed by atoms with Gasteiger partial charge in [-0.25, -0.2) is 0 Å². The standard InChI is InChI=1S/C6H7BrN2O2/c1-10-5-4(7)3-8-9-6(5)11-2/h3H,1-2H3. The zero-order valence-electron chi connectivity index (χ0n) is 6.17. The molecule has 1 rings (SSSR count). The molecule has 11 heavy (non-hydrogen) atoms. The molecule has 0 spiro atoms. The average Bonchev–Trinajstić information content (AvgIpc) is 2.04. The van der Waals surface area contributed by atoms with Crippen LogP contribution in [0.2, 0.25) is 0 Å². The van der Waals surface area contributed by atoms with Crippen molar-refractivity contribution in [2.24, 2.45) is 0 Å². The Kier molecular flexibility index (Phi) is 2.64. The summed E-state index contributed by atoms with van der Waals surface area (Å²) in [5.74, 6) is 0.935. The largest absolute Gasteiger partial charge is 0.490 e. The molecule has 0 aliphatic heterocycles. The van der Waals surface area contributed by atoms with Crippen LogP contribution in [0, 0.1) is 0 Å². The van der Waals surface area contributed by atoms with Crippen LogP contribution in [0.3, 0.4) is 0 Å². The quantitative estimate of drug-likeness (QED) is 0.750. The SMILES string of the molecule is COc1nncc(Br)c1OC. The summed E-state index contributed by atoms with van der Waals surface area (Å²) in [7, 11) is 3.06. The Hall–Kier alpha value is -0.840. The molecular weight excluding hydrogens is 212 g/mol. The zero-order chi connectivity index (χ0) is 8.27. The van der Waals surface area contributed by atoms with Crippen molar-refractivity contribution >= 4 is 15.9 Å². The van der Waals surface area contributed by atoms with Crippen molar-refractivity contribution in [2.45, 2.75) is 0 Å². The second kappa shape index (κ2) is 3.52. The van der Waals surface area contributed by atoms with Gasteiger partial charge >= 0.3 is 0 Å². The van der Waals surface area contributed by atoms with Gasteiger partial charge in [0.05, 0.1) is 24.9 Å². The third-order valence-corrected chi connectivity index (χ3v) is 1.69. The molecule has 0 aliphatic carbocycles. The third-order valence-electron chi connectivity index (χ3n) is 1.13. The zero-order valence-corrected chi connectivity index (χ0v) is 7.75. The monoisotopic (exact) mass is 218 g/mol. The molecule has 0 saturated heterocycles. The van der Waals surface area contributed by atoms with Gasteiger partial charge in [0.15, 0.2) is 5.75 Å². The summed E-state index contributed by atoms with van der Waals surface area (Å²) >= 11 is 3.24. The summed E-state index contributed by atoms with van der Waals surface area (Å²) in [6.07, 6.45) is 1.54. The molecule has 1 aromatic rings. The van der Waals surface area contributed by atoms with Crippen LogP contribution in [0.4, 0.5) is 0 Å². The van der Waals surface area contributed by atoms with E-state index in [-0.39, 0.29) is 0 Å². The molecule has 60 valence electrons. The topological polar surface area (TPSA) is 44.2 Å². The molecule has 0 aromatic carbocycles. The van der Waals surface area contributed by atoms with Crippen LogP contribution in [0.15, 0.2) is 10.7 Å². The van der Waals surface area contributed by atoms with E-state index in [2.05, 4.69) is 26.1 Å². The maximum Gasteiger partial charge on any atom is 0.277 e. The van der Waals surface area contributed by atoms with Crippen LogP contribution in [0.25, 0.3) is 0 Å². The molecule has 0 unspecified atom stereocenters. The summed E-state index contributed by atoms with van der Waals surface area (Å²) in [5, 5.41) is 7.36. The number of rotatable bonds is 2. The first-order valence-electron chi connectivity index (χ1n) is 2.88. The number of nitrogens with zero attached hydrogens (tertiary/aromatic N) is 2. The van der Waals surface area contributed by atoms with Crippen molar-refractivity contribution in [3.8, 4) is 11.6 Å². The minimum Gasteiger partial charge on any atom is -0.490 e. The van der Waals surface area contributed by atoms with Crippen molar-refractivity contribution < 1.29 is 9.47 Å². The first-order valence-corrected chi connectivity index (χ1v) is 3.68. The predicted octanol–water partition coefficient (Wildman–Crippen LogP) is 1.26. The van der Waals surface area contributed by atoms with Gasteiger partial charge < -0.3 is 9.47 Å². The van der Waals surface area contributed by atoms with Crippen LogP contribution < -0.4 is 9.47 Å². The van der Waals surface area contributed by atoms with Gasteiger partial charge in [-0.1, -0.05) is 0 Å². The maximum absolute atomic E-state index is 4.99. The molecular formula is C6H7BrN2O2. The van der Waals surface area contributed by atoms with Gasteiger partial charge in [0, 0.05) is 0 Å². The highest BCUT2D eigenvalue weighted by molar-refractivity contribution is 9.10. The molecule has 1 aromatic heterocycles. The van der Waals surface area contributed by atoms with Gasteiger partial charge in [-0.15, -0.1) is 5.10 Å². The molecule has 0 amide bonds. The second-order valence-electron chi connectivity index (χ2n) is 1.74. The Morgan fingerprint density at radius 3 is 2.55 bits per heavy atom. The minimum absolute atomic E-state index is 0.377. The predicted molar refractivity (Wildman–Crippen MR) is 42.8 cm³/mol. The summed E-state index contributed by atoms with van der Waals surface area (Å²) in [6.45, 7) is 0. The smallest absolute Gasteiger partial charge is 0.277 e. The number of hydrogen-bond donors (Lipinski definition) is 0. The number of ether oxygens (including phenoxy) is 2. The van der Waals surface area contributed by atoms with Gasteiger partial charge in [-0.3, -0.25) is 0 Å². The fraction of sp³-hybridized carbons (Fsp3) is 0.333. The van der Waals surface area contributed by atoms with Crippen molar-refractivity contribution in [3.05, 3.63) is 10.7 Å². The second-order valence-corrected chi connectivity index (χ2v) is 2.59. The Morgan fingerprint density at radius 1 is 1.36 bits per heavy atom. The first-order chi connectivity index (χ1) is 5.29. The van der Waals surface area contributed by atoms with E-state index in [1.165, 1.54) is 7.11 Å². The minimum atomic E-state index is 0.377. The Balaban J connectivity index is 3.13. The molecule has 0 atom stereocenters. The molecule has 0 saturated carbocycles. The average molecular weight is 219 g/mol. The number of aromatic nitrogens is 2. The molecule has 0 N–H and O–H groups in total. The molecule has 1 heterocycles. The fourth-order valence-electron chi connectivity index (χ4n) is 0.657. The summed E-state index contributed by atoms with van der Waals surface area (Å²) in [4.78, 5) is 0. The van der Waals surface area contributed by atoms with E-state index < -0.39 is 0 Å². The van der Waals surface area contributed by atoms with Crippen molar-refractivity contribution in [1.82, 2.24) is 10.2 Å². The molecule has 5 heteroatoms. The van der Waals surface area contributed by atoms with Crippen molar-refractivity contribution in [3.63, 3.8) is 0 Å². The number of methoxy groups -OCH3 is 2. The van der Waals surface area contributed by atoms with Gasteiger partial charge in [0.25, 0.3) is 5.88 Å². The number of halogens is 1. The fourth-order valence-corrected chi connectivity index (χ4v) is 1.08. The molecule has 4 nitrogen and oxygen atoms in total. The normalized spacial score (nSPS) is 9.36. The van der Waals surface area contributed by atoms with E-state index >= 15 is 0 Å². The van der Waals surface area contributed by atoms with Crippen molar-refractivity contribution in [2.75, 3.05) is 14.2 Å². The van der Waals surface area contributed by atoms with E-state index in [9.17, 15) is 0 Å². The van der Waals surface area contributed by atoms with Gasteiger partial charge in [0.1, 0.15) is 0 Å². The van der Waals surface area contributed by atoms with Crippen molar-refractivity contribution in [1.29, 1.82) is 0 Å². The molecule has 0 fully saturated rings. The van der Waals surface area contributed by atoms with E-state index in [1.807, 2.05) is 0 Å². The Bertz CT molecular complexity index is 254. The van der Waals surface area contributed by atoms with Crippen LogP contribution in [-0.2, 0) is 0 Å². The first kappa shape index (κ1) is 8.26. The van der Waals surface area contributed by atoms with Gasteiger partial charge in [0.2, 0.25) is 0 Å². The maximum atomic E-state index is 4.99. The van der Waals surface area contributed by atoms with Crippen LogP contribution >= 0.6 is 15.9 Å². The highest BCUT2D eigenvalue weighted by atomic mass is 79.9. The summed E-state index contributed by atoms with van der Waals surface area (Å²) < 4.78 is 10.6. The number of hydrogen-bond acceptors (Lipinski definition) is 4. The molecule has 0 aliphatic rings. The summed E-state index contributed by atoms with van der Waals surface area (Å²) in [6, 6.07) is 0.